The number of ether oxygens (including phenoxy) is 1. The first-order valence-electron chi connectivity index (χ1n) is 14.0. The molecule has 1 amide bonds. The van der Waals surface area contributed by atoms with Crippen molar-refractivity contribution in [3.8, 4) is 11.5 Å². The van der Waals surface area contributed by atoms with Gasteiger partial charge < -0.3 is 25.4 Å². The average Bonchev–Trinajstić information content (AvgIpc) is 2.95. The Morgan fingerprint density at radius 2 is 1.60 bits per heavy atom. The second-order valence-corrected chi connectivity index (χ2v) is 10.5. The van der Waals surface area contributed by atoms with E-state index in [-0.39, 0.29) is 5.91 Å². The molecule has 4 rings (SSSR count). The van der Waals surface area contributed by atoms with Crippen molar-refractivity contribution in [1.82, 2.24) is 15.1 Å². The van der Waals surface area contributed by atoms with Gasteiger partial charge in [-0.3, -0.25) is 9.69 Å². The molecular weight excluding hydrogens is 504 g/mol. The topological polar surface area (TPSA) is 94.1 Å². The summed E-state index contributed by atoms with van der Waals surface area (Å²) in [4.78, 5) is 28.6. The van der Waals surface area contributed by atoms with Gasteiger partial charge in [-0.1, -0.05) is 30.3 Å². The summed E-state index contributed by atoms with van der Waals surface area (Å²) in [6, 6.07) is 24.1. The minimum Gasteiger partial charge on any atom is -0.478 e. The standard InChI is InChI=1S/C32H40N4O4/c1-35(22-25-8-10-27(11-9-25)32(38)39)20-5-21-36(23-26-16-18-33-19-17-26)24-31(37)34-28-12-14-30(15-13-28)40-29-6-3-2-4-7-29/h2-4,6-15,26,33H,5,16-24H2,1H3,(H,34,37)(H,38,39). The van der Waals surface area contributed by atoms with Gasteiger partial charge in [-0.25, -0.2) is 4.79 Å². The molecule has 0 aliphatic carbocycles. The highest BCUT2D eigenvalue weighted by molar-refractivity contribution is 5.92. The minimum absolute atomic E-state index is 0.0162. The smallest absolute Gasteiger partial charge is 0.335 e. The van der Waals surface area contributed by atoms with E-state index in [1.54, 1.807) is 12.1 Å². The number of carboxylic acids is 1. The number of nitrogens with one attached hydrogen (secondary N) is 2. The maximum absolute atomic E-state index is 13.0. The molecule has 0 atom stereocenters. The number of anilines is 1. The largest absolute Gasteiger partial charge is 0.478 e. The van der Waals surface area contributed by atoms with Gasteiger partial charge in [0, 0.05) is 18.8 Å². The van der Waals surface area contributed by atoms with E-state index in [1.807, 2.05) is 66.7 Å². The van der Waals surface area contributed by atoms with Gasteiger partial charge >= 0.3 is 5.97 Å². The number of hydrogen-bond donors (Lipinski definition) is 3. The molecule has 0 bridgehead atoms. The van der Waals surface area contributed by atoms with Crippen molar-refractivity contribution in [2.45, 2.75) is 25.8 Å². The molecule has 8 heteroatoms. The zero-order chi connectivity index (χ0) is 28.2. The van der Waals surface area contributed by atoms with Crippen molar-refractivity contribution in [3.63, 3.8) is 0 Å². The Kier molecular flexibility index (Phi) is 11.1. The SMILES string of the molecule is CN(CCCN(CC(=O)Nc1ccc(Oc2ccccc2)cc1)CC1CCNCC1)Cc1ccc(C(=O)O)cc1. The molecule has 40 heavy (non-hydrogen) atoms. The Morgan fingerprint density at radius 1 is 0.925 bits per heavy atom. The van der Waals surface area contributed by atoms with Crippen LogP contribution in [0.15, 0.2) is 78.9 Å². The van der Waals surface area contributed by atoms with Crippen LogP contribution in [0.3, 0.4) is 0 Å². The first-order valence-corrected chi connectivity index (χ1v) is 14.0. The van der Waals surface area contributed by atoms with Crippen LogP contribution in [0, 0.1) is 5.92 Å². The van der Waals surface area contributed by atoms with Gasteiger partial charge in [-0.05, 0) is 113 Å². The van der Waals surface area contributed by atoms with Crippen molar-refractivity contribution in [2.75, 3.05) is 51.6 Å². The maximum Gasteiger partial charge on any atom is 0.335 e. The Morgan fingerprint density at radius 3 is 2.27 bits per heavy atom. The molecule has 212 valence electrons. The van der Waals surface area contributed by atoms with Crippen molar-refractivity contribution in [2.24, 2.45) is 5.92 Å². The van der Waals surface area contributed by atoms with Gasteiger partial charge in [0.15, 0.2) is 0 Å². The highest BCUT2D eigenvalue weighted by atomic mass is 16.5. The number of amides is 1. The molecule has 3 aromatic rings. The number of rotatable bonds is 14. The van der Waals surface area contributed by atoms with Crippen LogP contribution in [0.1, 0.15) is 35.2 Å². The van der Waals surface area contributed by atoms with Crippen molar-refractivity contribution < 1.29 is 19.4 Å². The van der Waals surface area contributed by atoms with Gasteiger partial charge in [-0.15, -0.1) is 0 Å². The Hall–Kier alpha value is -3.72. The quantitative estimate of drug-likeness (QED) is 0.265. The van der Waals surface area contributed by atoms with E-state index in [0.29, 0.717) is 18.0 Å². The number of carboxylic acid groups (broad SMARTS) is 1. The summed E-state index contributed by atoms with van der Waals surface area (Å²) in [5, 5.41) is 15.6. The summed E-state index contributed by atoms with van der Waals surface area (Å²) >= 11 is 0. The summed E-state index contributed by atoms with van der Waals surface area (Å²) in [5.41, 5.74) is 2.13. The van der Waals surface area contributed by atoms with E-state index in [9.17, 15) is 9.59 Å². The van der Waals surface area contributed by atoms with Crippen LogP contribution in [0.25, 0.3) is 0 Å². The predicted octanol–water partition coefficient (Wildman–Crippen LogP) is 4.94. The molecule has 0 aromatic heterocycles. The molecule has 1 saturated heterocycles. The van der Waals surface area contributed by atoms with Crippen LogP contribution in [-0.4, -0.2) is 73.1 Å². The molecule has 8 nitrogen and oxygen atoms in total. The lowest BCUT2D eigenvalue weighted by atomic mass is 9.97. The fourth-order valence-electron chi connectivity index (χ4n) is 5.01. The van der Waals surface area contributed by atoms with Crippen molar-refractivity contribution in [1.29, 1.82) is 0 Å². The molecule has 3 aromatic carbocycles. The van der Waals surface area contributed by atoms with Gasteiger partial charge in [0.1, 0.15) is 11.5 Å². The van der Waals surface area contributed by atoms with Crippen LogP contribution >= 0.6 is 0 Å². The third-order valence-electron chi connectivity index (χ3n) is 7.13. The number of aromatic carboxylic acids is 1. The van der Waals surface area contributed by atoms with E-state index in [4.69, 9.17) is 9.84 Å². The van der Waals surface area contributed by atoms with Crippen LogP contribution in [-0.2, 0) is 11.3 Å². The third-order valence-corrected chi connectivity index (χ3v) is 7.13. The Labute approximate surface area is 236 Å². The normalized spacial score (nSPS) is 13.9. The van der Waals surface area contributed by atoms with Crippen LogP contribution in [0.4, 0.5) is 5.69 Å². The summed E-state index contributed by atoms with van der Waals surface area (Å²) in [5.74, 6) is 1.16. The number of para-hydroxylation sites is 1. The highest BCUT2D eigenvalue weighted by Crippen LogP contribution is 2.23. The number of benzene rings is 3. The van der Waals surface area contributed by atoms with E-state index in [1.165, 1.54) is 0 Å². The molecule has 0 spiro atoms. The van der Waals surface area contributed by atoms with Crippen LogP contribution in [0.5, 0.6) is 11.5 Å². The van der Waals surface area contributed by atoms with Crippen LogP contribution in [0.2, 0.25) is 0 Å². The monoisotopic (exact) mass is 544 g/mol. The number of hydrogen-bond acceptors (Lipinski definition) is 6. The average molecular weight is 545 g/mol. The second kappa shape index (κ2) is 15.2. The molecule has 1 aliphatic rings. The lowest BCUT2D eigenvalue weighted by Crippen LogP contribution is -2.41. The van der Waals surface area contributed by atoms with E-state index < -0.39 is 5.97 Å². The zero-order valence-corrected chi connectivity index (χ0v) is 23.2. The van der Waals surface area contributed by atoms with E-state index in [2.05, 4.69) is 27.5 Å². The van der Waals surface area contributed by atoms with E-state index >= 15 is 0 Å². The summed E-state index contributed by atoms with van der Waals surface area (Å²) < 4.78 is 5.85. The Balaban J connectivity index is 1.26. The fourth-order valence-corrected chi connectivity index (χ4v) is 5.01. The maximum atomic E-state index is 13.0. The van der Waals surface area contributed by atoms with Gasteiger partial charge in [0.2, 0.25) is 5.91 Å². The summed E-state index contributed by atoms with van der Waals surface area (Å²) in [6.45, 7) is 5.80. The molecule has 1 heterocycles. The van der Waals surface area contributed by atoms with Crippen molar-refractivity contribution >= 4 is 17.6 Å². The van der Waals surface area contributed by atoms with Gasteiger partial charge in [0.25, 0.3) is 0 Å². The molecule has 0 unspecified atom stereocenters. The second-order valence-electron chi connectivity index (χ2n) is 10.5. The molecule has 3 N–H and O–H groups in total. The van der Waals surface area contributed by atoms with Crippen molar-refractivity contribution in [3.05, 3.63) is 90.0 Å². The molecule has 0 saturated carbocycles. The first kappa shape index (κ1) is 29.3. The highest BCUT2D eigenvalue weighted by Gasteiger charge is 2.19. The molecule has 0 radical (unpaired) electrons. The summed E-state index contributed by atoms with van der Waals surface area (Å²) in [7, 11) is 2.07. The third kappa shape index (κ3) is 9.79. The molecule has 1 aliphatic heterocycles. The Bertz CT molecular complexity index is 1200. The number of nitrogens with zero attached hydrogens (tertiary/aromatic N) is 2. The minimum atomic E-state index is -0.910. The number of carbonyl (C=O) groups is 2. The van der Waals surface area contributed by atoms with Crippen LogP contribution < -0.4 is 15.4 Å². The number of piperidine rings is 1. The first-order chi connectivity index (χ1) is 19.4. The molecular formula is C32H40N4O4. The van der Waals surface area contributed by atoms with E-state index in [0.717, 1.165) is 81.3 Å². The lowest BCUT2D eigenvalue weighted by molar-refractivity contribution is -0.117. The number of carbonyl (C=O) groups excluding carboxylic acids is 1. The lowest BCUT2D eigenvalue weighted by Gasteiger charge is -2.30. The van der Waals surface area contributed by atoms with Gasteiger partial charge in [-0.2, -0.15) is 0 Å². The van der Waals surface area contributed by atoms with Gasteiger partial charge in [0.05, 0.1) is 12.1 Å². The summed E-state index contributed by atoms with van der Waals surface area (Å²) in [6.07, 6.45) is 3.20. The zero-order valence-electron chi connectivity index (χ0n) is 23.2. The molecule has 1 fully saturated rings. The fraction of sp³-hybridized carbons (Fsp3) is 0.375. The predicted molar refractivity (Wildman–Crippen MR) is 158 cm³/mol.